The maximum atomic E-state index is 15.5. The van der Waals surface area contributed by atoms with Crippen LogP contribution in [-0.4, -0.2) is 69.0 Å². The van der Waals surface area contributed by atoms with Crippen molar-refractivity contribution in [2.24, 2.45) is 5.92 Å². The Labute approximate surface area is 282 Å². The average Bonchev–Trinajstić information content (AvgIpc) is 3.05. The van der Waals surface area contributed by atoms with E-state index in [-0.39, 0.29) is 42.0 Å². The summed E-state index contributed by atoms with van der Waals surface area (Å²) in [7, 11) is 1.07. The molecule has 1 heterocycles. The molecule has 14 heteroatoms. The second kappa shape index (κ2) is 13.9. The first-order valence-electron chi connectivity index (χ1n) is 15.6. The molecule has 3 aromatic rings. The molecular weight excluding hydrogens is 673 g/mol. The molecule has 3 atom stereocenters. The lowest BCUT2D eigenvalue weighted by Crippen LogP contribution is -2.53. The van der Waals surface area contributed by atoms with Crippen molar-refractivity contribution in [1.82, 2.24) is 5.32 Å². The maximum absolute atomic E-state index is 15.5. The summed E-state index contributed by atoms with van der Waals surface area (Å²) < 4.78 is 109. The minimum atomic E-state index is -4.82. The van der Waals surface area contributed by atoms with Crippen LogP contribution in [0.3, 0.4) is 0 Å². The predicted molar refractivity (Wildman–Crippen MR) is 171 cm³/mol. The number of nitrogens with zero attached hydrogens (tertiary/aromatic N) is 1. The van der Waals surface area contributed by atoms with Crippen molar-refractivity contribution in [1.29, 1.82) is 0 Å². The van der Waals surface area contributed by atoms with Crippen LogP contribution in [0.4, 0.5) is 36.4 Å². The van der Waals surface area contributed by atoms with Crippen LogP contribution in [0.1, 0.15) is 40.9 Å². The molecule has 1 saturated heterocycles. The molecule has 50 heavy (non-hydrogen) atoms. The first-order valence-corrected chi connectivity index (χ1v) is 15.6. The van der Waals surface area contributed by atoms with Crippen LogP contribution in [0.5, 0.6) is 0 Å². The smallest absolute Gasteiger partial charge is 0.417 e. The number of ketones is 1. The van der Waals surface area contributed by atoms with E-state index in [2.05, 4.69) is 5.32 Å². The number of rotatable bonds is 7. The Morgan fingerprint density at radius 1 is 1.04 bits per heavy atom. The van der Waals surface area contributed by atoms with Crippen LogP contribution >= 0.6 is 0 Å². The van der Waals surface area contributed by atoms with Gasteiger partial charge in [0, 0.05) is 30.1 Å². The van der Waals surface area contributed by atoms with E-state index in [9.17, 15) is 40.7 Å². The second-order valence-corrected chi connectivity index (χ2v) is 12.3. The van der Waals surface area contributed by atoms with Crippen molar-refractivity contribution in [3.05, 3.63) is 93.8 Å². The summed E-state index contributed by atoms with van der Waals surface area (Å²) in [5, 5.41) is 3.13. The Bertz CT molecular complexity index is 1890. The number of Topliss-reactive ketones (excluding diaryl/α,β-unsaturated/α-hetero) is 1. The minimum Gasteiger partial charge on any atom is -0.467 e. The summed E-state index contributed by atoms with van der Waals surface area (Å²) in [6.07, 6.45) is -8.75. The lowest BCUT2D eigenvalue weighted by Gasteiger charge is -2.38. The summed E-state index contributed by atoms with van der Waals surface area (Å²) >= 11 is 0. The van der Waals surface area contributed by atoms with Crippen molar-refractivity contribution in [3.63, 3.8) is 0 Å². The van der Waals surface area contributed by atoms with Gasteiger partial charge in [-0.3, -0.25) is 9.59 Å². The molecule has 266 valence electrons. The van der Waals surface area contributed by atoms with E-state index in [0.29, 0.717) is 16.3 Å². The second-order valence-electron chi connectivity index (χ2n) is 12.3. The van der Waals surface area contributed by atoms with Gasteiger partial charge in [-0.15, -0.1) is 0 Å². The van der Waals surface area contributed by atoms with Gasteiger partial charge in [-0.2, -0.15) is 26.3 Å². The number of benzene rings is 3. The number of carbonyl (C=O) groups excluding carboxylic acids is 3. The van der Waals surface area contributed by atoms with Gasteiger partial charge in [0.25, 0.3) is 5.91 Å². The molecule has 0 bridgehead atoms. The number of halogens is 7. The molecule has 0 spiro atoms. The fourth-order valence-corrected chi connectivity index (χ4v) is 6.39. The van der Waals surface area contributed by atoms with Gasteiger partial charge >= 0.3 is 18.3 Å². The number of alkyl halides is 6. The number of aryl methyl sites for hydroxylation is 1. The van der Waals surface area contributed by atoms with Crippen LogP contribution in [0.2, 0.25) is 0 Å². The number of hydrogen-bond donors (Lipinski definition) is 1. The summed E-state index contributed by atoms with van der Waals surface area (Å²) in [6.45, 7) is 3.52. The molecule has 3 aromatic carbocycles. The fourth-order valence-electron chi connectivity index (χ4n) is 6.39. The van der Waals surface area contributed by atoms with Crippen molar-refractivity contribution in [3.8, 4) is 0 Å². The third-order valence-corrected chi connectivity index (χ3v) is 9.11. The fraction of sp³-hybridized carbons (Fsp3) is 0.361. The summed E-state index contributed by atoms with van der Waals surface area (Å²) in [4.78, 5) is 40.6. The number of amides is 1. The predicted octanol–water partition coefficient (Wildman–Crippen LogP) is 7.05. The number of fused-ring (bicyclic) bond motifs is 1. The summed E-state index contributed by atoms with van der Waals surface area (Å²) in [5.41, 5.74) is -1.43. The molecule has 7 nitrogen and oxygen atoms in total. The highest BCUT2D eigenvalue weighted by Gasteiger charge is 2.46. The topological polar surface area (TPSA) is 84.9 Å². The number of carbonyl (C=O) groups is 3. The Morgan fingerprint density at radius 2 is 1.72 bits per heavy atom. The van der Waals surface area contributed by atoms with Crippen molar-refractivity contribution < 1.29 is 54.6 Å². The molecule has 0 aromatic heterocycles. The lowest BCUT2D eigenvalue weighted by molar-refractivity contribution is -0.167. The molecule has 5 rings (SSSR count). The zero-order chi connectivity index (χ0) is 36.7. The Balaban J connectivity index is 1.49. The molecule has 1 aliphatic carbocycles. The Kier molecular flexibility index (Phi) is 10.2. The van der Waals surface area contributed by atoms with Gasteiger partial charge in [0.1, 0.15) is 17.9 Å². The molecule has 1 aliphatic heterocycles. The van der Waals surface area contributed by atoms with E-state index in [4.69, 9.17) is 9.47 Å². The van der Waals surface area contributed by atoms with Gasteiger partial charge in [-0.25, -0.2) is 9.18 Å². The zero-order valence-electron chi connectivity index (χ0n) is 27.4. The normalized spacial score (nSPS) is 19.4. The molecular formula is C36H33F7N2O5. The number of allylic oxidation sites excluding steroid dienone is 4. The molecule has 2 aliphatic rings. The average molecular weight is 707 g/mol. The first kappa shape index (κ1) is 36.6. The lowest BCUT2D eigenvalue weighted by atomic mass is 9.79. The van der Waals surface area contributed by atoms with E-state index >= 15 is 4.39 Å². The summed E-state index contributed by atoms with van der Waals surface area (Å²) in [5.74, 6) is -4.55. The SMILES string of the molecule is COC(=O)[C@H](Cc1ccc(C2=C(C(F)(F)F)C=C(C)C(C)C2=O)c2ccccc12)NC(=O)c1c(C)cc(N2CCOC[C@@H]2C(F)(F)F)cc1F. The molecule has 0 saturated carbocycles. The van der Waals surface area contributed by atoms with Gasteiger partial charge in [-0.05, 0) is 59.5 Å². The van der Waals surface area contributed by atoms with Gasteiger partial charge in [0.15, 0.2) is 5.78 Å². The Morgan fingerprint density at radius 3 is 2.34 bits per heavy atom. The van der Waals surface area contributed by atoms with E-state index in [1.165, 1.54) is 39.0 Å². The monoisotopic (exact) mass is 706 g/mol. The largest absolute Gasteiger partial charge is 0.467 e. The molecule has 1 fully saturated rings. The zero-order valence-corrected chi connectivity index (χ0v) is 27.4. The van der Waals surface area contributed by atoms with Gasteiger partial charge in [-0.1, -0.05) is 48.9 Å². The number of hydrogen-bond acceptors (Lipinski definition) is 6. The van der Waals surface area contributed by atoms with Crippen molar-refractivity contribution >= 4 is 39.7 Å². The molecule has 1 amide bonds. The van der Waals surface area contributed by atoms with Crippen LogP contribution < -0.4 is 10.2 Å². The van der Waals surface area contributed by atoms with Crippen LogP contribution in [0.15, 0.2) is 65.8 Å². The third-order valence-electron chi connectivity index (χ3n) is 9.11. The number of esters is 1. The Hall–Kier alpha value is -4.72. The number of methoxy groups -OCH3 is 1. The molecule has 0 radical (unpaired) electrons. The van der Waals surface area contributed by atoms with Crippen molar-refractivity contribution in [2.75, 3.05) is 31.8 Å². The standard InChI is InChI=1S/C36H33F7N2O5/c1-18-14-26(35(38,39)40)31(32(46)20(18)3)25-10-9-21(23-7-5-6-8-24(23)25)15-28(34(48)49-4)44-33(47)30-19(2)13-22(16-27(30)37)45-11-12-50-17-29(45)36(41,42)43/h5-10,13-14,16,20,28-29H,11-12,15,17H2,1-4H3,(H,44,47)/t20?,28-,29+/m0/s1. The van der Waals surface area contributed by atoms with Gasteiger partial charge in [0.2, 0.25) is 0 Å². The van der Waals surface area contributed by atoms with Crippen LogP contribution in [-0.2, 0) is 25.5 Å². The number of nitrogens with one attached hydrogen (secondary N) is 1. The number of anilines is 1. The first-order chi connectivity index (χ1) is 23.4. The highest BCUT2D eigenvalue weighted by Crippen LogP contribution is 2.42. The maximum Gasteiger partial charge on any atom is 0.417 e. The van der Waals surface area contributed by atoms with Crippen molar-refractivity contribution in [2.45, 2.75) is 51.6 Å². The molecule has 1 unspecified atom stereocenters. The van der Waals surface area contributed by atoms with E-state index in [0.717, 1.165) is 24.2 Å². The van der Waals surface area contributed by atoms with Crippen LogP contribution in [0, 0.1) is 18.7 Å². The van der Waals surface area contributed by atoms with E-state index in [1.54, 1.807) is 24.3 Å². The van der Waals surface area contributed by atoms with Gasteiger partial charge < -0.3 is 19.7 Å². The van der Waals surface area contributed by atoms with Gasteiger partial charge in [0.05, 0.1) is 31.5 Å². The van der Waals surface area contributed by atoms with E-state index < -0.39 is 77.1 Å². The number of morpholine rings is 1. The quantitative estimate of drug-likeness (QED) is 0.210. The highest BCUT2D eigenvalue weighted by atomic mass is 19.4. The number of ether oxygens (including phenoxy) is 2. The van der Waals surface area contributed by atoms with Crippen LogP contribution in [0.25, 0.3) is 16.3 Å². The van der Waals surface area contributed by atoms with E-state index in [1.807, 2.05) is 0 Å². The molecule has 1 N–H and O–H groups in total. The summed E-state index contributed by atoms with van der Waals surface area (Å²) in [6, 6.07) is 7.78. The highest BCUT2D eigenvalue weighted by molar-refractivity contribution is 6.27. The minimum absolute atomic E-state index is 0.00717. The third kappa shape index (κ3) is 7.11.